The van der Waals surface area contributed by atoms with Gasteiger partial charge in [0.15, 0.2) is 0 Å². The van der Waals surface area contributed by atoms with E-state index in [1.165, 1.54) is 6.42 Å². The summed E-state index contributed by atoms with van der Waals surface area (Å²) in [7, 11) is 0. The van der Waals surface area contributed by atoms with Crippen LogP contribution in [-0.4, -0.2) is 41.9 Å². The van der Waals surface area contributed by atoms with Gasteiger partial charge in [-0.25, -0.2) is 0 Å². The third kappa shape index (κ3) is 3.66. The highest BCUT2D eigenvalue weighted by molar-refractivity contribution is 5.85. The molecule has 0 aromatic carbocycles. The summed E-state index contributed by atoms with van der Waals surface area (Å²) in [6.45, 7) is 5.38. The van der Waals surface area contributed by atoms with Gasteiger partial charge in [0.1, 0.15) is 0 Å². The van der Waals surface area contributed by atoms with Crippen LogP contribution in [0, 0.1) is 23.7 Å². The molecule has 2 aliphatic carbocycles. The average Bonchev–Trinajstić information content (AvgIpc) is 3.08. The molecule has 3 rings (SSSR count). The third-order valence-electron chi connectivity index (χ3n) is 5.93. The van der Waals surface area contributed by atoms with Crippen molar-refractivity contribution in [2.75, 3.05) is 13.1 Å². The second-order valence-corrected chi connectivity index (χ2v) is 7.70. The molecule has 23 heavy (non-hydrogen) atoms. The number of piperidine rings is 1. The third-order valence-corrected chi connectivity index (χ3v) is 5.93. The number of likely N-dealkylation sites (tertiary alicyclic amines) is 1. The fourth-order valence-corrected chi connectivity index (χ4v) is 4.63. The molecule has 1 saturated heterocycles. The molecular weight excluding hydrogens is 314 g/mol. The molecule has 1 aliphatic heterocycles. The summed E-state index contributed by atoms with van der Waals surface area (Å²) in [6.07, 6.45) is 5.23. The molecule has 0 aromatic heterocycles. The smallest absolute Gasteiger partial charge is 0.225 e. The van der Waals surface area contributed by atoms with E-state index in [2.05, 4.69) is 5.32 Å². The lowest BCUT2D eigenvalue weighted by atomic mass is 9.84. The van der Waals surface area contributed by atoms with Crippen molar-refractivity contribution in [3.63, 3.8) is 0 Å². The Morgan fingerprint density at radius 3 is 2.22 bits per heavy atom. The van der Waals surface area contributed by atoms with E-state index in [1.807, 2.05) is 18.7 Å². The van der Waals surface area contributed by atoms with Crippen LogP contribution in [0.3, 0.4) is 0 Å². The first-order valence-corrected chi connectivity index (χ1v) is 8.82. The second kappa shape index (κ2) is 7.39. The Morgan fingerprint density at radius 1 is 1.09 bits per heavy atom. The molecule has 132 valence electrons. The first-order valence-electron chi connectivity index (χ1n) is 8.82. The molecule has 0 radical (unpaired) electrons. The van der Waals surface area contributed by atoms with Crippen LogP contribution in [0.1, 0.15) is 46.0 Å². The second-order valence-electron chi connectivity index (χ2n) is 7.70. The van der Waals surface area contributed by atoms with Gasteiger partial charge in [-0.1, -0.05) is 13.8 Å². The highest BCUT2D eigenvalue weighted by Crippen LogP contribution is 2.47. The summed E-state index contributed by atoms with van der Waals surface area (Å²) in [6, 6.07) is 0.261. The molecule has 1 heterocycles. The van der Waals surface area contributed by atoms with Crippen LogP contribution in [0.15, 0.2) is 0 Å². The minimum absolute atomic E-state index is 0. The van der Waals surface area contributed by atoms with Crippen molar-refractivity contribution in [3.8, 4) is 0 Å². The number of carbonyl (C=O) groups is 2. The van der Waals surface area contributed by atoms with Gasteiger partial charge in [0.25, 0.3) is 0 Å². The van der Waals surface area contributed by atoms with E-state index in [1.54, 1.807) is 0 Å². The van der Waals surface area contributed by atoms with E-state index in [0.29, 0.717) is 11.8 Å². The minimum Gasteiger partial charge on any atom is -0.353 e. The molecule has 2 bridgehead atoms. The standard InChI is InChI=1S/C17H29N3O2.ClH/c1-10(2)17(22)20-7-5-13(6-8-20)19-16(21)14-11-3-4-12(9-11)15(14)18;/h10-15H,3-9,18H2,1-2H3,(H,19,21);1H. The Labute approximate surface area is 145 Å². The van der Waals surface area contributed by atoms with Crippen molar-refractivity contribution in [1.82, 2.24) is 10.2 Å². The molecular formula is C17H30ClN3O2. The van der Waals surface area contributed by atoms with E-state index >= 15 is 0 Å². The number of fused-ring (bicyclic) bond motifs is 2. The van der Waals surface area contributed by atoms with E-state index in [-0.39, 0.29) is 48.1 Å². The molecule has 3 aliphatic rings. The fourth-order valence-electron chi connectivity index (χ4n) is 4.63. The monoisotopic (exact) mass is 343 g/mol. The van der Waals surface area contributed by atoms with Crippen molar-refractivity contribution in [2.45, 2.75) is 58.0 Å². The minimum atomic E-state index is 0. The first-order chi connectivity index (χ1) is 10.5. The average molecular weight is 344 g/mol. The molecule has 0 spiro atoms. The van der Waals surface area contributed by atoms with Crippen LogP contribution in [-0.2, 0) is 9.59 Å². The van der Waals surface area contributed by atoms with Crippen molar-refractivity contribution in [2.24, 2.45) is 29.4 Å². The van der Waals surface area contributed by atoms with Crippen molar-refractivity contribution < 1.29 is 9.59 Å². The Morgan fingerprint density at radius 2 is 1.70 bits per heavy atom. The number of carbonyl (C=O) groups excluding carboxylic acids is 2. The number of nitrogens with two attached hydrogens (primary N) is 1. The van der Waals surface area contributed by atoms with Gasteiger partial charge in [-0.05, 0) is 43.9 Å². The maximum Gasteiger partial charge on any atom is 0.225 e. The molecule has 3 N–H and O–H groups in total. The van der Waals surface area contributed by atoms with Gasteiger partial charge < -0.3 is 16.0 Å². The molecule has 3 fully saturated rings. The van der Waals surface area contributed by atoms with E-state index in [0.717, 1.165) is 38.8 Å². The van der Waals surface area contributed by atoms with Crippen LogP contribution in [0.5, 0.6) is 0 Å². The topological polar surface area (TPSA) is 75.4 Å². The quantitative estimate of drug-likeness (QED) is 0.816. The lowest BCUT2D eigenvalue weighted by Crippen LogP contribution is -2.51. The Hall–Kier alpha value is -0.810. The Kier molecular flexibility index (Phi) is 5.95. The summed E-state index contributed by atoms with van der Waals surface area (Å²) >= 11 is 0. The van der Waals surface area contributed by atoms with Gasteiger partial charge in [0, 0.05) is 31.1 Å². The van der Waals surface area contributed by atoms with Crippen molar-refractivity contribution in [1.29, 1.82) is 0 Å². The maximum atomic E-state index is 12.6. The first kappa shape index (κ1) is 18.5. The zero-order valence-electron chi connectivity index (χ0n) is 14.2. The lowest BCUT2D eigenvalue weighted by Gasteiger charge is -2.35. The largest absolute Gasteiger partial charge is 0.353 e. The van der Waals surface area contributed by atoms with Crippen molar-refractivity contribution in [3.05, 3.63) is 0 Å². The van der Waals surface area contributed by atoms with Crippen molar-refractivity contribution >= 4 is 24.2 Å². The van der Waals surface area contributed by atoms with Gasteiger partial charge >= 0.3 is 0 Å². The van der Waals surface area contributed by atoms with Gasteiger partial charge in [0.05, 0.1) is 5.92 Å². The Bertz CT molecular complexity index is 447. The number of nitrogens with zero attached hydrogens (tertiary/aromatic N) is 1. The molecule has 6 heteroatoms. The predicted octanol–water partition coefficient (Wildman–Crippen LogP) is 1.54. The molecule has 5 nitrogen and oxygen atoms in total. The zero-order chi connectivity index (χ0) is 15.9. The maximum absolute atomic E-state index is 12.6. The molecule has 4 unspecified atom stereocenters. The summed E-state index contributed by atoms with van der Waals surface area (Å²) in [5.74, 6) is 1.52. The molecule has 2 amide bonds. The molecule has 2 saturated carbocycles. The normalized spacial score (nSPS) is 33.7. The van der Waals surface area contributed by atoms with E-state index in [9.17, 15) is 9.59 Å². The lowest BCUT2D eigenvalue weighted by molar-refractivity contribution is -0.135. The number of hydrogen-bond acceptors (Lipinski definition) is 3. The number of hydrogen-bond donors (Lipinski definition) is 2. The van der Waals surface area contributed by atoms with E-state index in [4.69, 9.17) is 5.73 Å². The van der Waals surface area contributed by atoms with Crippen LogP contribution in [0.25, 0.3) is 0 Å². The number of halogens is 1. The number of rotatable bonds is 3. The highest BCUT2D eigenvalue weighted by Gasteiger charge is 2.49. The van der Waals surface area contributed by atoms with Crippen LogP contribution in [0.2, 0.25) is 0 Å². The zero-order valence-corrected chi connectivity index (χ0v) is 15.0. The Balaban J connectivity index is 0.00000192. The summed E-state index contributed by atoms with van der Waals surface area (Å²) < 4.78 is 0. The van der Waals surface area contributed by atoms with Gasteiger partial charge in [-0.15, -0.1) is 12.4 Å². The van der Waals surface area contributed by atoms with Gasteiger partial charge in [0.2, 0.25) is 11.8 Å². The van der Waals surface area contributed by atoms with Gasteiger partial charge in [-0.3, -0.25) is 9.59 Å². The van der Waals surface area contributed by atoms with Gasteiger partial charge in [-0.2, -0.15) is 0 Å². The van der Waals surface area contributed by atoms with Crippen LogP contribution < -0.4 is 11.1 Å². The summed E-state index contributed by atoms with van der Waals surface area (Å²) in [5.41, 5.74) is 6.25. The molecule has 0 aromatic rings. The van der Waals surface area contributed by atoms with Crippen LogP contribution >= 0.6 is 12.4 Å². The highest BCUT2D eigenvalue weighted by atomic mass is 35.5. The van der Waals surface area contributed by atoms with Crippen LogP contribution in [0.4, 0.5) is 0 Å². The summed E-state index contributed by atoms with van der Waals surface area (Å²) in [5, 5.41) is 3.21. The number of nitrogens with one attached hydrogen (secondary N) is 1. The number of amides is 2. The molecule has 4 atom stereocenters. The fraction of sp³-hybridized carbons (Fsp3) is 0.882. The summed E-state index contributed by atoms with van der Waals surface area (Å²) in [4.78, 5) is 26.5. The van der Waals surface area contributed by atoms with E-state index < -0.39 is 0 Å². The SMILES string of the molecule is CC(C)C(=O)N1CCC(NC(=O)C2C3CCC(C3)C2N)CC1.Cl. The predicted molar refractivity (Wildman–Crippen MR) is 92.1 cm³/mol.